The number of rotatable bonds is 4. The molecule has 0 N–H and O–H groups in total. The second kappa shape index (κ2) is 7.02. The van der Waals surface area contributed by atoms with Crippen molar-refractivity contribution in [2.45, 2.75) is 24.3 Å². The fraction of sp³-hybridized carbons (Fsp3) is 0.438. The van der Waals surface area contributed by atoms with Gasteiger partial charge in [0.2, 0.25) is 5.95 Å². The fourth-order valence-corrected chi connectivity index (χ4v) is 3.23. The number of aromatic nitrogens is 3. The number of benzene rings is 1. The smallest absolute Gasteiger partial charge is 0.232 e. The topological polar surface area (TPSA) is 67.0 Å². The Hall–Kier alpha value is -2.04. The fourth-order valence-electron chi connectivity index (χ4n) is 2.48. The molecule has 2 aromatic rings. The van der Waals surface area contributed by atoms with Crippen LogP contribution >= 0.6 is 11.8 Å². The van der Waals surface area contributed by atoms with Crippen molar-refractivity contribution in [2.75, 3.05) is 31.2 Å². The molecule has 23 heavy (non-hydrogen) atoms. The third-order valence-corrected chi connectivity index (χ3v) is 4.57. The third kappa shape index (κ3) is 3.49. The Morgan fingerprint density at radius 1 is 1.30 bits per heavy atom. The first-order valence-electron chi connectivity index (χ1n) is 7.60. The molecule has 2 heterocycles. The zero-order chi connectivity index (χ0) is 16.2. The lowest BCUT2D eigenvalue weighted by Crippen LogP contribution is -2.37. The van der Waals surface area contributed by atoms with Gasteiger partial charge in [0.25, 0.3) is 0 Å². The van der Waals surface area contributed by atoms with E-state index >= 15 is 0 Å². The molecule has 0 bridgehead atoms. The summed E-state index contributed by atoms with van der Waals surface area (Å²) in [4.78, 5) is 2.18. The summed E-state index contributed by atoms with van der Waals surface area (Å²) in [5, 5.41) is 18.4. The van der Waals surface area contributed by atoms with E-state index in [-0.39, 0.29) is 5.25 Å². The Labute approximate surface area is 140 Å². The SMILES string of the molecule is Cc1cccc(-n2c(SC(C)C#N)nnc2N2CCOCC2)c1. The van der Waals surface area contributed by atoms with Crippen LogP contribution in [0.5, 0.6) is 0 Å². The maximum Gasteiger partial charge on any atom is 0.232 e. The van der Waals surface area contributed by atoms with Gasteiger partial charge in [-0.2, -0.15) is 5.26 Å². The van der Waals surface area contributed by atoms with Crippen LogP contribution < -0.4 is 4.90 Å². The minimum absolute atomic E-state index is 0.180. The molecular formula is C16H19N5OS. The molecule has 0 radical (unpaired) electrons. The van der Waals surface area contributed by atoms with Gasteiger partial charge in [-0.3, -0.25) is 4.57 Å². The van der Waals surface area contributed by atoms with Gasteiger partial charge in [0, 0.05) is 13.1 Å². The molecule has 1 atom stereocenters. The lowest BCUT2D eigenvalue weighted by atomic mass is 10.2. The Bertz CT molecular complexity index is 718. The highest BCUT2D eigenvalue weighted by atomic mass is 32.2. The first-order valence-corrected chi connectivity index (χ1v) is 8.48. The molecule has 7 heteroatoms. The molecule has 1 aliphatic heterocycles. The molecule has 120 valence electrons. The number of thioether (sulfide) groups is 1. The van der Waals surface area contributed by atoms with Gasteiger partial charge in [0.15, 0.2) is 5.16 Å². The minimum atomic E-state index is -0.180. The normalized spacial score (nSPS) is 16.1. The van der Waals surface area contributed by atoms with E-state index < -0.39 is 0 Å². The molecule has 0 aliphatic carbocycles. The van der Waals surface area contributed by atoms with Crippen molar-refractivity contribution in [3.63, 3.8) is 0 Å². The van der Waals surface area contributed by atoms with E-state index in [1.54, 1.807) is 0 Å². The molecule has 3 rings (SSSR count). The van der Waals surface area contributed by atoms with E-state index in [0.29, 0.717) is 13.2 Å². The molecule has 6 nitrogen and oxygen atoms in total. The van der Waals surface area contributed by atoms with Crippen molar-refractivity contribution in [3.05, 3.63) is 29.8 Å². The van der Waals surface area contributed by atoms with Gasteiger partial charge in [-0.15, -0.1) is 10.2 Å². The standard InChI is InChI=1S/C16H19N5OS/c1-12-4-3-5-14(10-12)21-15(20-6-8-22-9-7-20)18-19-16(21)23-13(2)11-17/h3-5,10,13H,6-9H2,1-2H3. The quantitative estimate of drug-likeness (QED) is 0.803. The number of anilines is 1. The molecule has 1 unspecified atom stereocenters. The maximum atomic E-state index is 9.10. The van der Waals surface area contributed by atoms with Gasteiger partial charge in [-0.05, 0) is 31.5 Å². The summed E-state index contributed by atoms with van der Waals surface area (Å²) in [6.07, 6.45) is 0. The second-order valence-corrected chi connectivity index (χ2v) is 6.75. The average Bonchev–Trinajstić information content (AvgIpc) is 2.99. The summed E-state index contributed by atoms with van der Waals surface area (Å²) < 4.78 is 7.47. The minimum Gasteiger partial charge on any atom is -0.378 e. The summed E-state index contributed by atoms with van der Waals surface area (Å²) in [5.74, 6) is 0.812. The molecule has 1 aromatic carbocycles. The zero-order valence-electron chi connectivity index (χ0n) is 13.3. The van der Waals surface area contributed by atoms with Gasteiger partial charge in [0.05, 0.1) is 30.2 Å². The predicted molar refractivity (Wildman–Crippen MR) is 90.1 cm³/mol. The highest BCUT2D eigenvalue weighted by Crippen LogP contribution is 2.29. The van der Waals surface area contributed by atoms with Gasteiger partial charge in [-0.25, -0.2) is 0 Å². The van der Waals surface area contributed by atoms with Crippen molar-refractivity contribution in [1.29, 1.82) is 5.26 Å². The second-order valence-electron chi connectivity index (χ2n) is 5.45. The highest BCUT2D eigenvalue weighted by molar-refractivity contribution is 8.00. The van der Waals surface area contributed by atoms with E-state index in [1.807, 2.05) is 23.6 Å². The number of morpholine rings is 1. The summed E-state index contributed by atoms with van der Waals surface area (Å²) in [5.41, 5.74) is 2.19. The number of aryl methyl sites for hydroxylation is 1. The van der Waals surface area contributed by atoms with Crippen molar-refractivity contribution in [1.82, 2.24) is 14.8 Å². The van der Waals surface area contributed by atoms with Crippen LogP contribution in [0, 0.1) is 18.3 Å². The summed E-state index contributed by atoms with van der Waals surface area (Å²) in [6.45, 7) is 6.90. The van der Waals surface area contributed by atoms with Crippen LogP contribution in [0.3, 0.4) is 0 Å². The lowest BCUT2D eigenvalue weighted by molar-refractivity contribution is 0.122. The number of hydrogen-bond donors (Lipinski definition) is 0. The molecule has 1 saturated heterocycles. The van der Waals surface area contributed by atoms with Crippen LogP contribution in [0.1, 0.15) is 12.5 Å². The van der Waals surface area contributed by atoms with E-state index in [2.05, 4.69) is 40.2 Å². The third-order valence-electron chi connectivity index (χ3n) is 3.63. The molecule has 1 aromatic heterocycles. The van der Waals surface area contributed by atoms with Crippen LogP contribution in [0.15, 0.2) is 29.4 Å². The molecule has 0 amide bonds. The van der Waals surface area contributed by atoms with Crippen LogP contribution in [0.4, 0.5) is 5.95 Å². The van der Waals surface area contributed by atoms with Crippen LogP contribution in [-0.2, 0) is 4.74 Å². The number of nitriles is 1. The number of hydrogen-bond acceptors (Lipinski definition) is 6. The molecule has 1 fully saturated rings. The molecule has 0 saturated carbocycles. The highest BCUT2D eigenvalue weighted by Gasteiger charge is 2.22. The van der Waals surface area contributed by atoms with Gasteiger partial charge in [-0.1, -0.05) is 23.9 Å². The van der Waals surface area contributed by atoms with Crippen LogP contribution in [0.2, 0.25) is 0 Å². The van der Waals surface area contributed by atoms with Gasteiger partial charge in [0.1, 0.15) is 0 Å². The van der Waals surface area contributed by atoms with Crippen molar-refractivity contribution in [2.24, 2.45) is 0 Å². The van der Waals surface area contributed by atoms with E-state index in [9.17, 15) is 0 Å². The number of nitrogens with zero attached hydrogens (tertiary/aromatic N) is 5. The maximum absolute atomic E-state index is 9.10. The predicted octanol–water partition coefficient (Wildman–Crippen LogP) is 2.42. The van der Waals surface area contributed by atoms with E-state index in [0.717, 1.165) is 29.9 Å². The lowest BCUT2D eigenvalue weighted by Gasteiger charge is -2.28. The first kappa shape index (κ1) is 15.8. The van der Waals surface area contributed by atoms with Crippen molar-refractivity contribution >= 4 is 17.7 Å². The van der Waals surface area contributed by atoms with Crippen molar-refractivity contribution < 1.29 is 4.74 Å². The molecular weight excluding hydrogens is 310 g/mol. The average molecular weight is 329 g/mol. The van der Waals surface area contributed by atoms with E-state index in [4.69, 9.17) is 10.00 Å². The Balaban J connectivity index is 2.04. The summed E-state index contributed by atoms with van der Waals surface area (Å²) >= 11 is 1.43. The first-order chi connectivity index (χ1) is 11.2. The molecule has 1 aliphatic rings. The zero-order valence-corrected chi connectivity index (χ0v) is 14.1. The summed E-state index contributed by atoms with van der Waals surface area (Å²) in [6, 6.07) is 10.5. The summed E-state index contributed by atoms with van der Waals surface area (Å²) in [7, 11) is 0. The van der Waals surface area contributed by atoms with Gasteiger partial charge >= 0.3 is 0 Å². The van der Waals surface area contributed by atoms with Crippen molar-refractivity contribution in [3.8, 4) is 11.8 Å². The Morgan fingerprint density at radius 2 is 2.09 bits per heavy atom. The number of ether oxygens (including phenoxy) is 1. The monoisotopic (exact) mass is 329 g/mol. The van der Waals surface area contributed by atoms with E-state index in [1.165, 1.54) is 17.3 Å². The van der Waals surface area contributed by atoms with Crippen LogP contribution in [0.25, 0.3) is 5.69 Å². The Kier molecular flexibility index (Phi) is 4.84. The molecule has 0 spiro atoms. The largest absolute Gasteiger partial charge is 0.378 e. The Morgan fingerprint density at radius 3 is 2.78 bits per heavy atom. The van der Waals surface area contributed by atoms with Gasteiger partial charge < -0.3 is 9.64 Å². The van der Waals surface area contributed by atoms with Crippen LogP contribution in [-0.4, -0.2) is 46.3 Å².